The van der Waals surface area contributed by atoms with Crippen molar-refractivity contribution in [3.63, 3.8) is 0 Å². The summed E-state index contributed by atoms with van der Waals surface area (Å²) in [6.45, 7) is 16.6. The monoisotopic (exact) mass is 319 g/mol. The molecule has 9 heteroatoms. The molecular formula is C8H24NaO4Si4. The molecule has 0 aromatic rings. The van der Waals surface area contributed by atoms with E-state index in [9.17, 15) is 0 Å². The van der Waals surface area contributed by atoms with Gasteiger partial charge < -0.3 is 16.5 Å². The standard InChI is InChI=1S/C8H24O4Si4.Na/c1-13(2)9-14(3,4)11-16(7,8)12-15(5,6)10-13;/h1-8H3;. The third-order valence-electron chi connectivity index (χ3n) is 1.97. The summed E-state index contributed by atoms with van der Waals surface area (Å²) >= 11 is 0. The van der Waals surface area contributed by atoms with Gasteiger partial charge in [-0.05, 0) is 52.4 Å². The molecule has 0 aromatic carbocycles. The summed E-state index contributed by atoms with van der Waals surface area (Å²) in [6.07, 6.45) is 0. The van der Waals surface area contributed by atoms with Crippen LogP contribution in [0.3, 0.4) is 0 Å². The van der Waals surface area contributed by atoms with Gasteiger partial charge in [0.25, 0.3) is 0 Å². The molecule has 0 bridgehead atoms. The molecule has 1 fully saturated rings. The van der Waals surface area contributed by atoms with E-state index < -0.39 is 34.2 Å². The van der Waals surface area contributed by atoms with Gasteiger partial charge in [0.1, 0.15) is 0 Å². The Labute approximate surface area is 132 Å². The minimum absolute atomic E-state index is 0. The van der Waals surface area contributed by atoms with E-state index in [0.717, 1.165) is 0 Å². The summed E-state index contributed by atoms with van der Waals surface area (Å²) in [5, 5.41) is 0. The third-order valence-corrected chi connectivity index (χ3v) is 17.7. The molecule has 0 N–H and O–H groups in total. The van der Waals surface area contributed by atoms with Crippen LogP contribution in [-0.2, 0) is 16.5 Å². The van der Waals surface area contributed by atoms with Gasteiger partial charge in [0.05, 0.1) is 0 Å². The molecular weight excluding hydrogens is 295 g/mol. The average Bonchev–Trinajstić information content (AvgIpc) is 1.67. The van der Waals surface area contributed by atoms with Crippen LogP contribution in [0, 0.1) is 0 Å². The second-order valence-corrected chi connectivity index (χ2v) is 20.5. The summed E-state index contributed by atoms with van der Waals surface area (Å²) in [6, 6.07) is 0. The summed E-state index contributed by atoms with van der Waals surface area (Å²) < 4.78 is 24.6. The Kier molecular flexibility index (Phi) is 6.16. The van der Waals surface area contributed by atoms with E-state index in [1.807, 2.05) is 0 Å². The SMILES string of the molecule is C[Si]1(C)O[Si](C)(C)O[Si](C)(C)O[Si](C)(C)O1.[Na]. The Morgan fingerprint density at radius 3 is 0.647 bits per heavy atom. The zero-order chi connectivity index (χ0) is 12.8. The van der Waals surface area contributed by atoms with Crippen LogP contribution in [0.1, 0.15) is 0 Å². The van der Waals surface area contributed by atoms with Crippen molar-refractivity contribution in [2.24, 2.45) is 0 Å². The van der Waals surface area contributed by atoms with Gasteiger partial charge in [-0.3, -0.25) is 0 Å². The van der Waals surface area contributed by atoms with Crippen LogP contribution in [0.15, 0.2) is 0 Å². The van der Waals surface area contributed by atoms with Gasteiger partial charge in [0.15, 0.2) is 0 Å². The maximum absolute atomic E-state index is 6.16. The van der Waals surface area contributed by atoms with Crippen LogP contribution < -0.4 is 0 Å². The van der Waals surface area contributed by atoms with Gasteiger partial charge in [-0.2, -0.15) is 0 Å². The normalized spacial score (nSPS) is 29.6. The van der Waals surface area contributed by atoms with Gasteiger partial charge in [-0.25, -0.2) is 0 Å². The number of hydrogen-bond acceptors (Lipinski definition) is 4. The first-order valence-electron chi connectivity index (χ1n) is 5.63. The first-order chi connectivity index (χ1) is 6.83. The van der Waals surface area contributed by atoms with E-state index in [-0.39, 0.29) is 29.6 Å². The predicted octanol–water partition coefficient (Wildman–Crippen LogP) is 2.49. The fraction of sp³-hybridized carbons (Fsp3) is 1.00. The first kappa shape index (κ1) is 18.7. The summed E-state index contributed by atoms with van der Waals surface area (Å²) in [4.78, 5) is 0. The maximum atomic E-state index is 6.16. The third kappa shape index (κ3) is 6.61. The van der Waals surface area contributed by atoms with Crippen LogP contribution in [-0.4, -0.2) is 63.8 Å². The Bertz CT molecular complexity index is 211. The van der Waals surface area contributed by atoms with E-state index >= 15 is 0 Å². The smallest absolute Gasteiger partial charge is 0.314 e. The van der Waals surface area contributed by atoms with Crippen molar-refractivity contribution in [3.05, 3.63) is 0 Å². The molecule has 1 heterocycles. The second-order valence-electron chi connectivity index (χ2n) is 6.01. The van der Waals surface area contributed by atoms with Crippen LogP contribution in [0.5, 0.6) is 0 Å². The molecule has 0 aromatic heterocycles. The molecule has 1 radical (unpaired) electrons. The molecule has 0 unspecified atom stereocenters. The van der Waals surface area contributed by atoms with Crippen molar-refractivity contribution >= 4 is 63.8 Å². The summed E-state index contributed by atoms with van der Waals surface area (Å²) in [5.74, 6) is 0. The van der Waals surface area contributed by atoms with Crippen molar-refractivity contribution in [3.8, 4) is 0 Å². The van der Waals surface area contributed by atoms with Crippen molar-refractivity contribution in [2.45, 2.75) is 52.4 Å². The van der Waals surface area contributed by atoms with Gasteiger partial charge in [-0.1, -0.05) is 0 Å². The molecule has 1 rings (SSSR count). The molecule has 0 amide bonds. The largest absolute Gasteiger partial charge is 0.416 e. The maximum Gasteiger partial charge on any atom is 0.314 e. The van der Waals surface area contributed by atoms with E-state index in [1.165, 1.54) is 0 Å². The van der Waals surface area contributed by atoms with Gasteiger partial charge in [0, 0.05) is 29.6 Å². The van der Waals surface area contributed by atoms with Crippen LogP contribution in [0.25, 0.3) is 0 Å². The molecule has 1 saturated heterocycles. The quantitative estimate of drug-likeness (QED) is 0.643. The van der Waals surface area contributed by atoms with Crippen LogP contribution in [0.4, 0.5) is 0 Å². The minimum Gasteiger partial charge on any atom is -0.416 e. The molecule has 0 spiro atoms. The topological polar surface area (TPSA) is 36.9 Å². The van der Waals surface area contributed by atoms with Crippen molar-refractivity contribution in [1.82, 2.24) is 0 Å². The Morgan fingerprint density at radius 1 is 0.412 bits per heavy atom. The van der Waals surface area contributed by atoms with E-state index in [1.54, 1.807) is 0 Å². The molecule has 1 aliphatic rings. The fourth-order valence-electron chi connectivity index (χ4n) is 2.45. The van der Waals surface area contributed by atoms with Crippen molar-refractivity contribution in [1.29, 1.82) is 0 Å². The minimum atomic E-state index is -2.11. The van der Waals surface area contributed by atoms with Crippen LogP contribution >= 0.6 is 0 Å². The zero-order valence-electron chi connectivity index (χ0n) is 12.6. The van der Waals surface area contributed by atoms with Gasteiger partial charge in [-0.15, -0.1) is 0 Å². The first-order valence-corrected chi connectivity index (χ1v) is 16.9. The van der Waals surface area contributed by atoms with Crippen LogP contribution in [0.2, 0.25) is 52.4 Å². The predicted molar refractivity (Wildman–Crippen MR) is 80.0 cm³/mol. The Balaban J connectivity index is 0.00000256. The van der Waals surface area contributed by atoms with Crippen molar-refractivity contribution < 1.29 is 16.5 Å². The number of hydrogen-bond donors (Lipinski definition) is 0. The van der Waals surface area contributed by atoms with E-state index in [0.29, 0.717) is 0 Å². The number of rotatable bonds is 0. The second kappa shape index (κ2) is 5.60. The van der Waals surface area contributed by atoms with E-state index in [4.69, 9.17) is 16.5 Å². The van der Waals surface area contributed by atoms with E-state index in [2.05, 4.69) is 52.4 Å². The Hall–Kier alpha value is 1.71. The van der Waals surface area contributed by atoms with Gasteiger partial charge >= 0.3 is 34.2 Å². The van der Waals surface area contributed by atoms with Crippen molar-refractivity contribution in [2.75, 3.05) is 0 Å². The molecule has 0 saturated carbocycles. The van der Waals surface area contributed by atoms with Gasteiger partial charge in [0.2, 0.25) is 0 Å². The summed E-state index contributed by atoms with van der Waals surface area (Å²) in [7, 11) is -8.44. The molecule has 1 aliphatic heterocycles. The molecule has 0 aliphatic carbocycles. The molecule has 17 heavy (non-hydrogen) atoms. The fourth-order valence-corrected chi connectivity index (χ4v) is 23.6. The molecule has 4 nitrogen and oxygen atoms in total. The Morgan fingerprint density at radius 2 is 0.529 bits per heavy atom. The average molecular weight is 320 g/mol. The zero-order valence-corrected chi connectivity index (χ0v) is 18.6. The molecule has 97 valence electrons. The molecule has 0 atom stereocenters. The summed E-state index contributed by atoms with van der Waals surface area (Å²) in [5.41, 5.74) is 0.